The highest BCUT2D eigenvalue weighted by Crippen LogP contribution is 2.22. The first-order chi connectivity index (χ1) is 10.2. The number of para-hydroxylation sites is 2. The molecule has 0 atom stereocenters. The van der Waals surface area contributed by atoms with Gasteiger partial charge in [-0.05, 0) is 45.0 Å². The van der Waals surface area contributed by atoms with Gasteiger partial charge in [-0.15, -0.1) is 0 Å². The van der Waals surface area contributed by atoms with Crippen LogP contribution in [-0.4, -0.2) is 49.8 Å². The number of benzene rings is 1. The molecule has 1 aromatic carbocycles. The number of amides is 1. The third-order valence-electron chi connectivity index (χ3n) is 3.30. The van der Waals surface area contributed by atoms with Gasteiger partial charge in [0, 0.05) is 19.6 Å². The second-order valence-electron chi connectivity index (χ2n) is 5.09. The Labute approximate surface area is 126 Å². The van der Waals surface area contributed by atoms with Crippen LogP contribution >= 0.6 is 0 Å². The topological polar surface area (TPSA) is 61.8 Å². The Morgan fingerprint density at radius 1 is 1.24 bits per heavy atom. The van der Waals surface area contributed by atoms with Crippen LogP contribution in [0.4, 0.5) is 5.69 Å². The number of aliphatic hydroxyl groups is 1. The molecule has 0 fully saturated rings. The minimum absolute atomic E-state index is 0.0123. The van der Waals surface area contributed by atoms with Crippen molar-refractivity contribution in [1.29, 1.82) is 0 Å². The molecule has 0 bridgehead atoms. The van der Waals surface area contributed by atoms with Crippen molar-refractivity contribution in [2.75, 3.05) is 39.2 Å². The van der Waals surface area contributed by atoms with Crippen LogP contribution in [0.15, 0.2) is 24.3 Å². The zero-order valence-corrected chi connectivity index (χ0v) is 13.0. The Balaban J connectivity index is 2.27. The number of unbranched alkanes of at least 4 members (excludes halogenated alkanes) is 2. The Morgan fingerprint density at radius 3 is 2.71 bits per heavy atom. The van der Waals surface area contributed by atoms with Crippen molar-refractivity contribution in [3.8, 4) is 5.75 Å². The van der Waals surface area contributed by atoms with Gasteiger partial charge in [0.05, 0.1) is 12.8 Å². The molecule has 0 aliphatic heterocycles. The fraction of sp³-hybridized carbons (Fsp3) is 0.562. The third kappa shape index (κ3) is 7.11. The fourth-order valence-electron chi connectivity index (χ4n) is 2.04. The summed E-state index contributed by atoms with van der Waals surface area (Å²) in [7, 11) is 3.60. The molecule has 5 heteroatoms. The van der Waals surface area contributed by atoms with Crippen LogP contribution in [-0.2, 0) is 4.79 Å². The van der Waals surface area contributed by atoms with Crippen LogP contribution in [0, 0.1) is 0 Å². The van der Waals surface area contributed by atoms with Gasteiger partial charge in [-0.3, -0.25) is 4.79 Å². The van der Waals surface area contributed by atoms with E-state index in [0.29, 0.717) is 17.9 Å². The molecule has 1 amide bonds. The van der Waals surface area contributed by atoms with Crippen molar-refractivity contribution >= 4 is 11.6 Å². The predicted octanol–water partition coefficient (Wildman–Crippen LogP) is 2.12. The molecule has 0 spiro atoms. The highest BCUT2D eigenvalue weighted by Gasteiger charge is 2.08. The highest BCUT2D eigenvalue weighted by molar-refractivity contribution is 5.92. The van der Waals surface area contributed by atoms with Gasteiger partial charge in [0.25, 0.3) is 0 Å². The van der Waals surface area contributed by atoms with Crippen LogP contribution in [0.3, 0.4) is 0 Å². The molecule has 21 heavy (non-hydrogen) atoms. The molecule has 2 N–H and O–H groups in total. The van der Waals surface area contributed by atoms with Crippen molar-refractivity contribution in [1.82, 2.24) is 4.90 Å². The molecule has 0 heterocycles. The minimum atomic E-state index is -0.0123. The van der Waals surface area contributed by atoms with Gasteiger partial charge in [-0.1, -0.05) is 12.1 Å². The van der Waals surface area contributed by atoms with Crippen LogP contribution in [0.2, 0.25) is 0 Å². The molecular weight excluding hydrogens is 268 g/mol. The number of ether oxygens (including phenoxy) is 1. The van der Waals surface area contributed by atoms with Gasteiger partial charge in [-0.25, -0.2) is 0 Å². The summed E-state index contributed by atoms with van der Waals surface area (Å²) in [6.07, 6.45) is 3.37. The number of carbonyl (C=O) groups excluding carboxylic acids is 1. The lowest BCUT2D eigenvalue weighted by Gasteiger charge is -2.16. The summed E-state index contributed by atoms with van der Waals surface area (Å²) in [4.78, 5) is 14.1. The number of nitrogens with zero attached hydrogens (tertiary/aromatic N) is 1. The predicted molar refractivity (Wildman–Crippen MR) is 84.7 cm³/mol. The maximum absolute atomic E-state index is 11.9. The maximum atomic E-state index is 11.9. The Hall–Kier alpha value is -1.59. The number of rotatable bonds is 10. The Bertz CT molecular complexity index is 424. The summed E-state index contributed by atoms with van der Waals surface area (Å²) in [6, 6.07) is 7.39. The van der Waals surface area contributed by atoms with Crippen LogP contribution in [0.5, 0.6) is 5.75 Å². The summed E-state index contributed by atoms with van der Waals surface area (Å²) in [5.74, 6) is 0.657. The molecule has 118 valence electrons. The molecule has 0 radical (unpaired) electrons. The van der Waals surface area contributed by atoms with E-state index >= 15 is 0 Å². The molecule has 0 saturated heterocycles. The Kier molecular flexibility index (Phi) is 8.47. The lowest BCUT2D eigenvalue weighted by Crippen LogP contribution is -2.25. The molecule has 0 aliphatic rings. The van der Waals surface area contributed by atoms with E-state index in [9.17, 15) is 4.79 Å². The lowest BCUT2D eigenvalue weighted by atomic mass is 10.2. The number of anilines is 1. The summed E-state index contributed by atoms with van der Waals surface area (Å²) in [5.41, 5.74) is 0.704. The van der Waals surface area contributed by atoms with Crippen molar-refractivity contribution in [3.63, 3.8) is 0 Å². The first-order valence-electron chi connectivity index (χ1n) is 7.39. The molecule has 0 aliphatic carbocycles. The summed E-state index contributed by atoms with van der Waals surface area (Å²) < 4.78 is 5.20. The first-order valence-corrected chi connectivity index (χ1v) is 7.39. The van der Waals surface area contributed by atoms with Gasteiger partial charge >= 0.3 is 0 Å². The number of hydrogen-bond donors (Lipinski definition) is 2. The van der Waals surface area contributed by atoms with E-state index in [-0.39, 0.29) is 12.5 Å². The maximum Gasteiger partial charge on any atom is 0.225 e. The molecule has 0 unspecified atom stereocenters. The zero-order valence-electron chi connectivity index (χ0n) is 13.0. The van der Waals surface area contributed by atoms with Crippen LogP contribution in [0.1, 0.15) is 25.7 Å². The van der Waals surface area contributed by atoms with E-state index in [1.165, 1.54) is 0 Å². The van der Waals surface area contributed by atoms with E-state index in [4.69, 9.17) is 9.84 Å². The van der Waals surface area contributed by atoms with Gasteiger partial charge in [0.2, 0.25) is 5.91 Å². The van der Waals surface area contributed by atoms with Crippen LogP contribution < -0.4 is 10.1 Å². The largest absolute Gasteiger partial charge is 0.495 e. The highest BCUT2D eigenvalue weighted by atomic mass is 16.5. The normalized spacial score (nSPS) is 10.7. The standard InChI is InChI=1S/C16H26N2O3/c1-18(11-6-3-7-13-19)12-10-16(20)17-14-8-4-5-9-15(14)21-2/h4-5,8-9,19H,3,6-7,10-13H2,1-2H3,(H,17,20). The quantitative estimate of drug-likeness (QED) is 0.649. The average molecular weight is 294 g/mol. The summed E-state index contributed by atoms with van der Waals surface area (Å²) in [5, 5.41) is 11.6. The third-order valence-corrected chi connectivity index (χ3v) is 3.30. The van der Waals surface area contributed by atoms with E-state index in [0.717, 1.165) is 32.4 Å². The molecule has 1 rings (SSSR count). The van der Waals surface area contributed by atoms with Crippen molar-refractivity contribution in [2.24, 2.45) is 0 Å². The van der Waals surface area contributed by atoms with Crippen molar-refractivity contribution in [2.45, 2.75) is 25.7 Å². The zero-order chi connectivity index (χ0) is 15.5. The molecule has 5 nitrogen and oxygen atoms in total. The summed E-state index contributed by atoms with van der Waals surface area (Å²) in [6.45, 7) is 1.92. The molecule has 0 saturated carbocycles. The number of aliphatic hydroxyl groups excluding tert-OH is 1. The number of carbonyl (C=O) groups is 1. The average Bonchev–Trinajstić information content (AvgIpc) is 2.50. The number of hydrogen-bond acceptors (Lipinski definition) is 4. The SMILES string of the molecule is COc1ccccc1NC(=O)CCN(C)CCCCCO. The molecule has 1 aromatic rings. The Morgan fingerprint density at radius 2 is 2.00 bits per heavy atom. The van der Waals surface area contributed by atoms with Gasteiger partial charge in [0.15, 0.2) is 0 Å². The van der Waals surface area contributed by atoms with Gasteiger partial charge < -0.3 is 20.1 Å². The monoisotopic (exact) mass is 294 g/mol. The smallest absolute Gasteiger partial charge is 0.225 e. The minimum Gasteiger partial charge on any atom is -0.495 e. The number of nitrogens with one attached hydrogen (secondary N) is 1. The van der Waals surface area contributed by atoms with Crippen LogP contribution in [0.25, 0.3) is 0 Å². The molecule has 0 aromatic heterocycles. The van der Waals surface area contributed by atoms with E-state index in [1.54, 1.807) is 7.11 Å². The van der Waals surface area contributed by atoms with E-state index in [2.05, 4.69) is 10.2 Å². The van der Waals surface area contributed by atoms with E-state index in [1.807, 2.05) is 31.3 Å². The lowest BCUT2D eigenvalue weighted by molar-refractivity contribution is -0.116. The van der Waals surface area contributed by atoms with Crippen molar-refractivity contribution < 1.29 is 14.6 Å². The summed E-state index contributed by atoms with van der Waals surface area (Å²) >= 11 is 0. The second-order valence-corrected chi connectivity index (χ2v) is 5.09. The van der Waals surface area contributed by atoms with Gasteiger partial charge in [0.1, 0.15) is 5.75 Å². The fourth-order valence-corrected chi connectivity index (χ4v) is 2.04. The second kappa shape index (κ2) is 10.2. The van der Waals surface area contributed by atoms with E-state index < -0.39 is 0 Å². The molecular formula is C16H26N2O3. The van der Waals surface area contributed by atoms with Crippen molar-refractivity contribution in [3.05, 3.63) is 24.3 Å². The first kappa shape index (κ1) is 17.5. The van der Waals surface area contributed by atoms with Gasteiger partial charge in [-0.2, -0.15) is 0 Å². The number of methoxy groups -OCH3 is 1.